The van der Waals surface area contributed by atoms with Crippen LogP contribution in [-0.2, 0) is 9.59 Å². The molecule has 0 aromatic carbocycles. The van der Waals surface area contributed by atoms with Gasteiger partial charge < -0.3 is 9.84 Å². The SMILES string of the molecule is O=C1CCC(Oc2ccc(O)cn2)C(=O)N1. The summed E-state index contributed by atoms with van der Waals surface area (Å²) < 4.78 is 5.28. The molecule has 1 saturated heterocycles. The van der Waals surface area contributed by atoms with Crippen LogP contribution < -0.4 is 10.1 Å². The molecule has 2 N–H and O–H groups in total. The third-order valence-electron chi connectivity index (χ3n) is 2.17. The zero-order valence-electron chi connectivity index (χ0n) is 8.34. The van der Waals surface area contributed by atoms with Crippen LogP contribution in [0.5, 0.6) is 11.6 Å². The molecule has 1 aromatic heterocycles. The van der Waals surface area contributed by atoms with E-state index in [1.807, 2.05) is 0 Å². The normalized spacial score (nSPS) is 20.4. The number of carbonyl (C=O) groups is 2. The van der Waals surface area contributed by atoms with Crippen LogP contribution in [0.1, 0.15) is 12.8 Å². The van der Waals surface area contributed by atoms with Crippen LogP contribution in [0, 0.1) is 0 Å². The summed E-state index contributed by atoms with van der Waals surface area (Å²) >= 11 is 0. The average Bonchev–Trinajstić information content (AvgIpc) is 2.25. The third-order valence-corrected chi connectivity index (χ3v) is 2.17. The zero-order chi connectivity index (χ0) is 11.5. The molecule has 1 aliphatic heterocycles. The molecule has 0 bridgehead atoms. The molecule has 1 unspecified atom stereocenters. The van der Waals surface area contributed by atoms with E-state index in [1.165, 1.54) is 18.3 Å². The molecule has 0 spiro atoms. The summed E-state index contributed by atoms with van der Waals surface area (Å²) in [6, 6.07) is 2.87. The lowest BCUT2D eigenvalue weighted by atomic mass is 10.1. The van der Waals surface area contributed by atoms with E-state index >= 15 is 0 Å². The van der Waals surface area contributed by atoms with Gasteiger partial charge in [0.2, 0.25) is 11.8 Å². The molecule has 2 rings (SSSR count). The minimum Gasteiger partial charge on any atom is -0.506 e. The molecular weight excluding hydrogens is 212 g/mol. The number of piperidine rings is 1. The average molecular weight is 222 g/mol. The van der Waals surface area contributed by atoms with Crippen LogP contribution in [-0.4, -0.2) is 28.0 Å². The number of nitrogens with zero attached hydrogens (tertiary/aromatic N) is 1. The van der Waals surface area contributed by atoms with Gasteiger partial charge in [-0.3, -0.25) is 14.9 Å². The Balaban J connectivity index is 2.02. The molecule has 1 aliphatic rings. The van der Waals surface area contributed by atoms with Crippen LogP contribution in [0.4, 0.5) is 0 Å². The molecule has 0 saturated carbocycles. The molecule has 2 amide bonds. The fourth-order valence-corrected chi connectivity index (χ4v) is 1.37. The monoisotopic (exact) mass is 222 g/mol. The maximum absolute atomic E-state index is 11.3. The van der Waals surface area contributed by atoms with Crippen molar-refractivity contribution in [2.75, 3.05) is 0 Å². The number of carbonyl (C=O) groups excluding carboxylic acids is 2. The van der Waals surface area contributed by atoms with Crippen molar-refractivity contribution >= 4 is 11.8 Å². The summed E-state index contributed by atoms with van der Waals surface area (Å²) in [5.41, 5.74) is 0. The van der Waals surface area contributed by atoms with Crippen molar-refractivity contribution in [1.82, 2.24) is 10.3 Å². The van der Waals surface area contributed by atoms with Crippen molar-refractivity contribution in [2.24, 2.45) is 0 Å². The summed E-state index contributed by atoms with van der Waals surface area (Å²) in [6.07, 6.45) is 1.12. The lowest BCUT2D eigenvalue weighted by Crippen LogP contribution is -2.46. The van der Waals surface area contributed by atoms with Gasteiger partial charge in [0, 0.05) is 18.9 Å². The Bertz CT molecular complexity index is 415. The minimum atomic E-state index is -0.699. The van der Waals surface area contributed by atoms with Crippen molar-refractivity contribution in [3.05, 3.63) is 18.3 Å². The summed E-state index contributed by atoms with van der Waals surface area (Å²) in [4.78, 5) is 26.0. The summed E-state index contributed by atoms with van der Waals surface area (Å²) in [5, 5.41) is 11.2. The molecule has 1 atom stereocenters. The van der Waals surface area contributed by atoms with Crippen LogP contribution in [0.3, 0.4) is 0 Å². The molecule has 1 aromatic rings. The first-order valence-electron chi connectivity index (χ1n) is 4.80. The maximum atomic E-state index is 11.3. The number of hydrogen-bond donors (Lipinski definition) is 2. The van der Waals surface area contributed by atoms with Crippen LogP contribution in [0.2, 0.25) is 0 Å². The molecule has 0 aliphatic carbocycles. The number of nitrogens with one attached hydrogen (secondary N) is 1. The standard InChI is InChI=1S/C10H10N2O4/c13-6-1-4-9(11-5-6)16-7-2-3-8(14)12-10(7)15/h1,4-5,7,13H,2-3H2,(H,12,14,15). The number of aromatic hydroxyl groups is 1. The number of rotatable bonds is 2. The highest BCUT2D eigenvalue weighted by Crippen LogP contribution is 2.16. The fraction of sp³-hybridized carbons (Fsp3) is 0.300. The Morgan fingerprint density at radius 2 is 2.25 bits per heavy atom. The van der Waals surface area contributed by atoms with E-state index in [2.05, 4.69) is 10.3 Å². The zero-order valence-corrected chi connectivity index (χ0v) is 8.34. The molecule has 1 fully saturated rings. The van der Waals surface area contributed by atoms with Crippen LogP contribution in [0.15, 0.2) is 18.3 Å². The number of ether oxygens (including phenoxy) is 1. The van der Waals surface area contributed by atoms with Gasteiger partial charge in [-0.15, -0.1) is 0 Å². The molecule has 16 heavy (non-hydrogen) atoms. The number of amides is 2. The lowest BCUT2D eigenvalue weighted by molar-refractivity contribution is -0.139. The first kappa shape index (κ1) is 10.4. The largest absolute Gasteiger partial charge is 0.506 e. The molecule has 6 nitrogen and oxygen atoms in total. The second-order valence-corrected chi connectivity index (χ2v) is 3.41. The van der Waals surface area contributed by atoms with Gasteiger partial charge in [-0.1, -0.05) is 0 Å². The van der Waals surface area contributed by atoms with Crippen molar-refractivity contribution in [3.63, 3.8) is 0 Å². The molecule has 0 radical (unpaired) electrons. The lowest BCUT2D eigenvalue weighted by Gasteiger charge is -2.21. The number of aromatic nitrogens is 1. The minimum absolute atomic E-state index is 0.0237. The molecule has 2 heterocycles. The predicted octanol–water partition coefficient (Wildman–Crippen LogP) is -0.0288. The Morgan fingerprint density at radius 1 is 1.44 bits per heavy atom. The van der Waals surface area contributed by atoms with Crippen molar-refractivity contribution in [2.45, 2.75) is 18.9 Å². The second-order valence-electron chi connectivity index (χ2n) is 3.41. The van der Waals surface area contributed by atoms with E-state index in [4.69, 9.17) is 9.84 Å². The first-order chi connectivity index (χ1) is 7.65. The first-order valence-corrected chi connectivity index (χ1v) is 4.80. The number of imide groups is 1. The highest BCUT2D eigenvalue weighted by molar-refractivity contribution is 5.99. The maximum Gasteiger partial charge on any atom is 0.267 e. The summed E-state index contributed by atoms with van der Waals surface area (Å²) in [7, 11) is 0. The Kier molecular flexibility index (Phi) is 2.72. The van der Waals surface area contributed by atoms with E-state index in [-0.39, 0.29) is 24.0 Å². The van der Waals surface area contributed by atoms with Gasteiger partial charge in [-0.25, -0.2) is 4.98 Å². The van der Waals surface area contributed by atoms with E-state index in [1.54, 1.807) is 0 Å². The highest BCUT2D eigenvalue weighted by Gasteiger charge is 2.28. The quantitative estimate of drug-likeness (QED) is 0.686. The van der Waals surface area contributed by atoms with Crippen LogP contribution >= 0.6 is 0 Å². The highest BCUT2D eigenvalue weighted by atomic mass is 16.5. The Morgan fingerprint density at radius 3 is 2.88 bits per heavy atom. The van der Waals surface area contributed by atoms with E-state index in [0.29, 0.717) is 6.42 Å². The van der Waals surface area contributed by atoms with E-state index < -0.39 is 12.0 Å². The predicted molar refractivity (Wildman–Crippen MR) is 52.7 cm³/mol. The smallest absolute Gasteiger partial charge is 0.267 e. The van der Waals surface area contributed by atoms with E-state index in [9.17, 15) is 9.59 Å². The van der Waals surface area contributed by atoms with Gasteiger partial charge in [0.1, 0.15) is 5.75 Å². The van der Waals surface area contributed by atoms with Gasteiger partial charge in [-0.2, -0.15) is 0 Å². The second kappa shape index (κ2) is 4.18. The number of hydrogen-bond acceptors (Lipinski definition) is 5. The third kappa shape index (κ3) is 2.28. The fourth-order valence-electron chi connectivity index (χ4n) is 1.37. The summed E-state index contributed by atoms with van der Waals surface area (Å²) in [6.45, 7) is 0. The summed E-state index contributed by atoms with van der Waals surface area (Å²) in [5.74, 6) is -0.474. The molecular formula is C10H10N2O4. The van der Waals surface area contributed by atoms with Gasteiger partial charge in [0.15, 0.2) is 6.10 Å². The molecule has 84 valence electrons. The Labute approximate surface area is 91.3 Å². The topological polar surface area (TPSA) is 88.5 Å². The Hall–Kier alpha value is -2.11. The van der Waals surface area contributed by atoms with Crippen molar-refractivity contribution in [1.29, 1.82) is 0 Å². The van der Waals surface area contributed by atoms with E-state index in [0.717, 1.165) is 0 Å². The van der Waals surface area contributed by atoms with Crippen molar-refractivity contribution in [3.8, 4) is 11.6 Å². The van der Waals surface area contributed by atoms with Gasteiger partial charge in [0.25, 0.3) is 5.91 Å². The van der Waals surface area contributed by atoms with Crippen molar-refractivity contribution < 1.29 is 19.4 Å². The number of pyridine rings is 1. The van der Waals surface area contributed by atoms with Gasteiger partial charge in [-0.05, 0) is 6.07 Å². The van der Waals surface area contributed by atoms with Gasteiger partial charge in [0.05, 0.1) is 6.20 Å². The van der Waals surface area contributed by atoms with Gasteiger partial charge >= 0.3 is 0 Å². The van der Waals surface area contributed by atoms with Crippen LogP contribution in [0.25, 0.3) is 0 Å². The molecule has 6 heteroatoms.